The van der Waals surface area contributed by atoms with Crippen molar-refractivity contribution in [1.82, 2.24) is 9.88 Å². The zero-order valence-corrected chi connectivity index (χ0v) is 12.9. The average Bonchev–Trinajstić information content (AvgIpc) is 2.92. The van der Waals surface area contributed by atoms with Gasteiger partial charge in [-0.15, -0.1) is 11.3 Å². The first kappa shape index (κ1) is 15.1. The Morgan fingerprint density at radius 2 is 2.10 bits per heavy atom. The van der Waals surface area contributed by atoms with E-state index in [1.54, 1.807) is 6.92 Å². The van der Waals surface area contributed by atoms with Crippen LogP contribution in [0.4, 0.5) is 9.80 Å². The number of hydrogen-bond acceptors (Lipinski definition) is 3. The first-order valence-electron chi connectivity index (χ1n) is 6.38. The van der Waals surface area contributed by atoms with Crippen LogP contribution >= 0.6 is 11.3 Å². The lowest BCUT2D eigenvalue weighted by Gasteiger charge is -2.08. The molecule has 0 fully saturated rings. The molecule has 0 atom stereocenters. The van der Waals surface area contributed by atoms with E-state index in [9.17, 15) is 14.7 Å². The number of nitrogens with one attached hydrogen (secondary N) is 2. The minimum atomic E-state index is -1.03. The number of aromatic carboxylic acids is 1. The smallest absolute Gasteiger partial charge is 0.338 e. The third-order valence-electron chi connectivity index (χ3n) is 3.31. The summed E-state index contributed by atoms with van der Waals surface area (Å²) in [5.74, 6) is -1.03. The number of amides is 2. The van der Waals surface area contributed by atoms with Gasteiger partial charge < -0.3 is 15.0 Å². The molecule has 112 valence electrons. The summed E-state index contributed by atoms with van der Waals surface area (Å²) in [6, 6.07) is 3.38. The maximum atomic E-state index is 11.9. The second-order valence-electron chi connectivity index (χ2n) is 4.71. The Morgan fingerprint density at radius 1 is 1.38 bits per heavy atom. The fourth-order valence-electron chi connectivity index (χ4n) is 1.97. The number of aryl methyl sites for hydroxylation is 2. The summed E-state index contributed by atoms with van der Waals surface area (Å²) in [4.78, 5) is 24.0. The molecule has 6 nitrogen and oxygen atoms in total. The van der Waals surface area contributed by atoms with Crippen LogP contribution in [0.2, 0.25) is 0 Å². The molecule has 3 N–H and O–H groups in total. The molecule has 0 saturated heterocycles. The lowest BCUT2D eigenvalue weighted by Crippen LogP contribution is -2.29. The number of nitrogens with zero attached hydrogens (tertiary/aromatic N) is 1. The Labute approximate surface area is 126 Å². The van der Waals surface area contributed by atoms with Crippen LogP contribution in [0.1, 0.15) is 26.5 Å². The third kappa shape index (κ3) is 3.25. The number of carboxylic acids is 1. The van der Waals surface area contributed by atoms with E-state index < -0.39 is 12.0 Å². The fraction of sp³-hybridized carbons (Fsp3) is 0.286. The van der Waals surface area contributed by atoms with Gasteiger partial charge in [-0.2, -0.15) is 0 Å². The van der Waals surface area contributed by atoms with Gasteiger partial charge in [0.05, 0.1) is 12.1 Å². The van der Waals surface area contributed by atoms with E-state index in [1.165, 1.54) is 11.3 Å². The van der Waals surface area contributed by atoms with Crippen molar-refractivity contribution in [2.75, 3.05) is 5.32 Å². The van der Waals surface area contributed by atoms with Gasteiger partial charge >= 0.3 is 12.0 Å². The Hall–Kier alpha value is -2.28. The lowest BCUT2D eigenvalue weighted by molar-refractivity contribution is 0.0697. The number of urea groups is 1. The molecule has 2 aromatic rings. The summed E-state index contributed by atoms with van der Waals surface area (Å²) < 4.78 is 1.91. The molecule has 0 spiro atoms. The number of rotatable bonds is 4. The molecule has 2 aromatic heterocycles. The maximum absolute atomic E-state index is 11.9. The molecular weight excluding hydrogens is 290 g/mol. The van der Waals surface area contributed by atoms with Gasteiger partial charge in [-0.3, -0.25) is 5.32 Å². The Kier molecular flexibility index (Phi) is 4.32. The number of anilines is 1. The molecule has 7 heteroatoms. The van der Waals surface area contributed by atoms with Crippen molar-refractivity contribution in [2.24, 2.45) is 7.05 Å². The molecule has 0 aliphatic heterocycles. The second-order valence-corrected chi connectivity index (χ2v) is 5.94. The van der Waals surface area contributed by atoms with Gasteiger partial charge in [-0.25, -0.2) is 9.59 Å². The van der Waals surface area contributed by atoms with Crippen molar-refractivity contribution in [3.8, 4) is 0 Å². The van der Waals surface area contributed by atoms with Crippen LogP contribution in [-0.4, -0.2) is 21.7 Å². The molecule has 0 radical (unpaired) electrons. The lowest BCUT2D eigenvalue weighted by atomic mass is 10.1. The normalized spacial score (nSPS) is 10.4. The van der Waals surface area contributed by atoms with Gasteiger partial charge in [0.1, 0.15) is 5.00 Å². The van der Waals surface area contributed by atoms with Gasteiger partial charge in [0.2, 0.25) is 0 Å². The van der Waals surface area contributed by atoms with Crippen LogP contribution in [0.15, 0.2) is 18.3 Å². The molecular formula is C14H17N3O3S. The quantitative estimate of drug-likeness (QED) is 0.812. The first-order valence-corrected chi connectivity index (χ1v) is 7.20. The number of carbonyl (C=O) groups is 2. The predicted octanol–water partition coefficient (Wildman–Crippen LogP) is 2.72. The van der Waals surface area contributed by atoms with Crippen molar-refractivity contribution < 1.29 is 14.7 Å². The van der Waals surface area contributed by atoms with E-state index in [2.05, 4.69) is 10.6 Å². The van der Waals surface area contributed by atoms with Crippen LogP contribution in [0, 0.1) is 13.8 Å². The number of thiophene rings is 1. The van der Waals surface area contributed by atoms with E-state index in [4.69, 9.17) is 0 Å². The summed E-state index contributed by atoms with van der Waals surface area (Å²) >= 11 is 1.27. The highest BCUT2D eigenvalue weighted by Gasteiger charge is 2.20. The topological polar surface area (TPSA) is 83.4 Å². The van der Waals surface area contributed by atoms with Gasteiger partial charge in [0.15, 0.2) is 0 Å². The summed E-state index contributed by atoms with van der Waals surface area (Å²) in [7, 11) is 1.89. The minimum absolute atomic E-state index is 0.159. The van der Waals surface area contributed by atoms with Gasteiger partial charge in [-0.1, -0.05) is 0 Å². The van der Waals surface area contributed by atoms with Crippen LogP contribution in [0.5, 0.6) is 0 Å². The molecule has 2 heterocycles. The molecule has 0 aromatic carbocycles. The third-order valence-corrected chi connectivity index (χ3v) is 4.43. The van der Waals surface area contributed by atoms with Crippen molar-refractivity contribution in [2.45, 2.75) is 20.4 Å². The fourth-order valence-corrected chi connectivity index (χ4v) is 3.02. The Bertz CT molecular complexity index is 688. The van der Waals surface area contributed by atoms with Crippen molar-refractivity contribution in [3.63, 3.8) is 0 Å². The Morgan fingerprint density at radius 3 is 2.67 bits per heavy atom. The summed E-state index contributed by atoms with van der Waals surface area (Å²) in [6.07, 6.45) is 1.89. The zero-order chi connectivity index (χ0) is 15.6. The second kappa shape index (κ2) is 6.01. The predicted molar refractivity (Wildman–Crippen MR) is 82.0 cm³/mol. The van der Waals surface area contributed by atoms with Crippen LogP contribution in [0.3, 0.4) is 0 Å². The zero-order valence-electron chi connectivity index (χ0n) is 12.1. The van der Waals surface area contributed by atoms with E-state index in [0.29, 0.717) is 17.1 Å². The van der Waals surface area contributed by atoms with Crippen LogP contribution in [-0.2, 0) is 13.6 Å². The van der Waals surface area contributed by atoms with E-state index >= 15 is 0 Å². The van der Waals surface area contributed by atoms with E-state index in [-0.39, 0.29) is 5.56 Å². The molecule has 0 saturated carbocycles. The van der Waals surface area contributed by atoms with Gasteiger partial charge in [0.25, 0.3) is 0 Å². The van der Waals surface area contributed by atoms with E-state index in [1.807, 2.05) is 36.9 Å². The molecule has 0 aliphatic rings. The highest BCUT2D eigenvalue weighted by atomic mass is 32.1. The van der Waals surface area contributed by atoms with E-state index in [0.717, 1.165) is 10.6 Å². The maximum Gasteiger partial charge on any atom is 0.338 e. The highest BCUT2D eigenvalue weighted by molar-refractivity contribution is 7.16. The first-order chi connectivity index (χ1) is 9.90. The number of carboxylic acid groups (broad SMARTS) is 1. The molecule has 21 heavy (non-hydrogen) atoms. The largest absolute Gasteiger partial charge is 0.478 e. The molecule has 2 rings (SSSR count). The monoisotopic (exact) mass is 307 g/mol. The van der Waals surface area contributed by atoms with Crippen molar-refractivity contribution in [3.05, 3.63) is 40.0 Å². The molecule has 0 bridgehead atoms. The summed E-state index contributed by atoms with van der Waals surface area (Å²) in [5.41, 5.74) is 1.80. The molecule has 2 amide bonds. The average molecular weight is 307 g/mol. The van der Waals surface area contributed by atoms with Crippen molar-refractivity contribution >= 4 is 28.3 Å². The molecule has 0 aliphatic carbocycles. The molecule has 0 unspecified atom stereocenters. The van der Waals surface area contributed by atoms with Gasteiger partial charge in [0, 0.05) is 23.8 Å². The van der Waals surface area contributed by atoms with Gasteiger partial charge in [-0.05, 0) is 31.5 Å². The highest BCUT2D eigenvalue weighted by Crippen LogP contribution is 2.32. The SMILES string of the molecule is Cc1sc(NC(=O)NCc2cccn2C)c(C(=O)O)c1C. The summed E-state index contributed by atoms with van der Waals surface area (Å²) in [6.45, 7) is 3.95. The Balaban J connectivity index is 2.05. The summed E-state index contributed by atoms with van der Waals surface area (Å²) in [5, 5.41) is 14.9. The number of carbonyl (C=O) groups excluding carboxylic acids is 1. The number of hydrogen-bond donors (Lipinski definition) is 3. The van der Waals surface area contributed by atoms with Crippen LogP contribution in [0.25, 0.3) is 0 Å². The van der Waals surface area contributed by atoms with Crippen molar-refractivity contribution in [1.29, 1.82) is 0 Å². The minimum Gasteiger partial charge on any atom is -0.478 e. The standard InChI is InChI=1S/C14H17N3O3S/c1-8-9(2)21-12(11(8)13(18)19)16-14(20)15-7-10-5-4-6-17(10)3/h4-6H,7H2,1-3H3,(H,18,19)(H2,15,16,20). The van der Waals surface area contributed by atoms with Crippen LogP contribution < -0.4 is 10.6 Å². The number of aromatic nitrogens is 1.